The fourth-order valence-corrected chi connectivity index (χ4v) is 3.34. The zero-order chi connectivity index (χ0) is 17.5. The van der Waals surface area contributed by atoms with Gasteiger partial charge in [-0.15, -0.1) is 11.3 Å². The van der Waals surface area contributed by atoms with Gasteiger partial charge in [0.05, 0.1) is 20.3 Å². The Kier molecular flexibility index (Phi) is 6.89. The SMILES string of the molecule is CCOC(=O)CN(S)c1ccc2scc(CNCC(=O)OC)c2c1. The van der Waals surface area contributed by atoms with Crippen molar-refractivity contribution < 1.29 is 19.1 Å². The van der Waals surface area contributed by atoms with Gasteiger partial charge in [0.15, 0.2) is 0 Å². The summed E-state index contributed by atoms with van der Waals surface area (Å²) in [5.41, 5.74) is 1.89. The number of nitrogens with zero attached hydrogens (tertiary/aromatic N) is 1. The van der Waals surface area contributed by atoms with Crippen molar-refractivity contribution in [1.29, 1.82) is 0 Å². The molecule has 1 heterocycles. The zero-order valence-corrected chi connectivity index (χ0v) is 15.3. The Morgan fingerprint density at radius 3 is 2.83 bits per heavy atom. The van der Waals surface area contributed by atoms with Gasteiger partial charge in [0.1, 0.15) is 6.54 Å². The van der Waals surface area contributed by atoms with E-state index in [0.29, 0.717) is 13.2 Å². The van der Waals surface area contributed by atoms with Crippen molar-refractivity contribution in [1.82, 2.24) is 5.32 Å². The first-order valence-corrected chi connectivity index (χ1v) is 8.72. The van der Waals surface area contributed by atoms with E-state index >= 15 is 0 Å². The molecule has 0 unspecified atom stereocenters. The summed E-state index contributed by atoms with van der Waals surface area (Å²) >= 11 is 5.99. The van der Waals surface area contributed by atoms with Gasteiger partial charge in [-0.2, -0.15) is 0 Å². The van der Waals surface area contributed by atoms with Gasteiger partial charge in [0, 0.05) is 16.9 Å². The molecule has 0 aliphatic rings. The molecule has 1 aromatic heterocycles. The van der Waals surface area contributed by atoms with Crippen LogP contribution in [0.4, 0.5) is 5.69 Å². The smallest absolute Gasteiger partial charge is 0.326 e. The highest BCUT2D eigenvalue weighted by Gasteiger charge is 2.12. The zero-order valence-electron chi connectivity index (χ0n) is 13.6. The summed E-state index contributed by atoms with van der Waals surface area (Å²) in [6, 6.07) is 5.89. The average Bonchev–Trinajstić information content (AvgIpc) is 2.97. The van der Waals surface area contributed by atoms with Crippen LogP contribution in [0.15, 0.2) is 23.6 Å². The van der Waals surface area contributed by atoms with Crippen LogP contribution in [0.2, 0.25) is 0 Å². The van der Waals surface area contributed by atoms with Crippen LogP contribution in [0.3, 0.4) is 0 Å². The third kappa shape index (κ3) is 4.86. The molecule has 0 aliphatic heterocycles. The third-order valence-electron chi connectivity index (χ3n) is 3.33. The van der Waals surface area contributed by atoms with Gasteiger partial charge in [-0.3, -0.25) is 9.59 Å². The van der Waals surface area contributed by atoms with E-state index < -0.39 is 0 Å². The molecule has 130 valence electrons. The summed E-state index contributed by atoms with van der Waals surface area (Å²) in [6.45, 7) is 2.91. The predicted molar refractivity (Wildman–Crippen MR) is 98.5 cm³/mol. The predicted octanol–water partition coefficient (Wildman–Crippen LogP) is 2.38. The van der Waals surface area contributed by atoms with Crippen molar-refractivity contribution in [3.63, 3.8) is 0 Å². The quantitative estimate of drug-likeness (QED) is 0.551. The highest BCUT2D eigenvalue weighted by atomic mass is 32.1. The van der Waals surface area contributed by atoms with Crippen LogP contribution in [-0.2, 0) is 25.6 Å². The monoisotopic (exact) mass is 368 g/mol. The van der Waals surface area contributed by atoms with E-state index in [9.17, 15) is 9.59 Å². The summed E-state index contributed by atoms with van der Waals surface area (Å²) in [7, 11) is 1.36. The summed E-state index contributed by atoms with van der Waals surface area (Å²) in [5, 5.41) is 6.17. The number of methoxy groups -OCH3 is 1. The molecule has 0 fully saturated rings. The highest BCUT2D eigenvalue weighted by Crippen LogP contribution is 2.30. The lowest BCUT2D eigenvalue weighted by Crippen LogP contribution is -2.23. The number of ether oxygens (including phenoxy) is 2. The third-order valence-corrected chi connectivity index (χ3v) is 4.72. The number of benzene rings is 1. The molecule has 0 bridgehead atoms. The Morgan fingerprint density at radius 1 is 1.33 bits per heavy atom. The van der Waals surface area contributed by atoms with Gasteiger partial charge in [-0.25, -0.2) is 0 Å². The number of thiophene rings is 1. The van der Waals surface area contributed by atoms with E-state index in [1.54, 1.807) is 22.6 Å². The maximum absolute atomic E-state index is 11.6. The number of hydrogen-bond donors (Lipinski definition) is 2. The van der Waals surface area contributed by atoms with Crippen molar-refractivity contribution in [3.05, 3.63) is 29.1 Å². The van der Waals surface area contributed by atoms with E-state index in [1.165, 1.54) is 7.11 Å². The molecular weight excluding hydrogens is 348 g/mol. The molecule has 6 nitrogen and oxygen atoms in total. The summed E-state index contributed by atoms with van der Waals surface area (Å²) < 4.78 is 12.2. The Morgan fingerprint density at radius 2 is 2.12 bits per heavy atom. The maximum atomic E-state index is 11.6. The largest absolute Gasteiger partial charge is 0.468 e. The van der Waals surface area contributed by atoms with Crippen molar-refractivity contribution in [2.75, 3.05) is 31.1 Å². The van der Waals surface area contributed by atoms with Crippen LogP contribution in [0.1, 0.15) is 12.5 Å². The molecule has 0 radical (unpaired) electrons. The number of fused-ring (bicyclic) bond motifs is 1. The second-order valence-corrected chi connectivity index (χ2v) is 6.38. The van der Waals surface area contributed by atoms with E-state index in [1.807, 2.05) is 23.6 Å². The Bertz CT molecular complexity index is 717. The van der Waals surface area contributed by atoms with Crippen molar-refractivity contribution in [2.45, 2.75) is 13.5 Å². The first-order chi connectivity index (χ1) is 11.5. The number of carbonyl (C=O) groups is 2. The molecule has 0 aliphatic carbocycles. The van der Waals surface area contributed by atoms with E-state index in [-0.39, 0.29) is 25.0 Å². The van der Waals surface area contributed by atoms with E-state index in [0.717, 1.165) is 21.3 Å². The molecule has 0 saturated heterocycles. The first-order valence-electron chi connectivity index (χ1n) is 7.44. The fraction of sp³-hybridized carbons (Fsp3) is 0.375. The van der Waals surface area contributed by atoms with Crippen LogP contribution >= 0.6 is 24.2 Å². The van der Waals surface area contributed by atoms with E-state index in [4.69, 9.17) is 4.74 Å². The van der Waals surface area contributed by atoms with Crippen LogP contribution in [0.25, 0.3) is 10.1 Å². The van der Waals surface area contributed by atoms with Gasteiger partial charge in [0.2, 0.25) is 0 Å². The van der Waals surface area contributed by atoms with Crippen molar-refractivity contribution >= 4 is 51.9 Å². The topological polar surface area (TPSA) is 67.9 Å². The Balaban J connectivity index is 2.09. The molecule has 8 heteroatoms. The fourth-order valence-electron chi connectivity index (χ4n) is 2.16. The van der Waals surface area contributed by atoms with Crippen LogP contribution in [0, 0.1) is 0 Å². The van der Waals surface area contributed by atoms with Crippen molar-refractivity contribution in [2.24, 2.45) is 0 Å². The van der Waals surface area contributed by atoms with Gasteiger partial charge < -0.3 is 19.1 Å². The number of hydrogen-bond acceptors (Lipinski definition) is 8. The van der Waals surface area contributed by atoms with Crippen LogP contribution < -0.4 is 9.62 Å². The van der Waals surface area contributed by atoms with Crippen LogP contribution in [0.5, 0.6) is 0 Å². The number of rotatable bonds is 8. The summed E-state index contributed by atoms with van der Waals surface area (Å²) in [6.07, 6.45) is 0. The molecule has 2 rings (SSSR count). The lowest BCUT2D eigenvalue weighted by Gasteiger charge is -2.16. The van der Waals surface area contributed by atoms with Crippen molar-refractivity contribution in [3.8, 4) is 0 Å². The number of nitrogens with one attached hydrogen (secondary N) is 1. The molecule has 0 amide bonds. The first kappa shape index (κ1) is 18.6. The number of anilines is 1. The molecule has 0 saturated carbocycles. The van der Waals surface area contributed by atoms with Gasteiger partial charge in [0.25, 0.3) is 0 Å². The molecule has 0 spiro atoms. The van der Waals surface area contributed by atoms with Gasteiger partial charge >= 0.3 is 11.9 Å². The Labute approximate surface area is 150 Å². The molecule has 0 atom stereocenters. The highest BCUT2D eigenvalue weighted by molar-refractivity contribution is 7.81. The second-order valence-electron chi connectivity index (χ2n) is 4.98. The second kappa shape index (κ2) is 8.91. The Hall–Kier alpha value is -1.77. The lowest BCUT2D eigenvalue weighted by molar-refractivity contribution is -0.141. The van der Waals surface area contributed by atoms with Gasteiger partial charge in [-0.05, 0) is 41.5 Å². The molecule has 24 heavy (non-hydrogen) atoms. The molecule has 2 aromatic rings. The number of esters is 2. The number of carbonyl (C=O) groups excluding carboxylic acids is 2. The van der Waals surface area contributed by atoms with Crippen LogP contribution in [-0.4, -0.2) is 38.7 Å². The molecular formula is C16H20N2O4S2. The van der Waals surface area contributed by atoms with E-state index in [2.05, 4.69) is 22.9 Å². The average molecular weight is 368 g/mol. The standard InChI is InChI=1S/C16H20N2O4S2/c1-3-22-16(20)9-18(23)12-4-5-14-13(6-12)11(10-24-14)7-17-8-15(19)21-2/h4-6,10,17,23H,3,7-9H2,1-2H3. The minimum Gasteiger partial charge on any atom is -0.468 e. The normalized spacial score (nSPS) is 10.6. The minimum atomic E-state index is -0.321. The minimum absolute atomic E-state index is 0.0719. The maximum Gasteiger partial charge on any atom is 0.326 e. The number of thiol groups is 1. The summed E-state index contributed by atoms with van der Waals surface area (Å²) in [4.78, 5) is 22.7. The van der Waals surface area contributed by atoms with Gasteiger partial charge in [-0.1, -0.05) is 12.8 Å². The molecule has 1 aromatic carbocycles. The lowest BCUT2D eigenvalue weighted by atomic mass is 10.1. The summed E-state index contributed by atoms with van der Waals surface area (Å²) in [5.74, 6) is -0.621. The molecule has 1 N–H and O–H groups in total.